The molecule has 34 heavy (non-hydrogen) atoms. The summed E-state index contributed by atoms with van der Waals surface area (Å²) in [4.78, 5) is 19.3. The number of aromatic nitrogens is 1. The lowest BCUT2D eigenvalue weighted by Crippen LogP contribution is -2.45. The van der Waals surface area contributed by atoms with E-state index < -0.39 is 0 Å². The molecule has 3 aromatic rings. The van der Waals surface area contributed by atoms with Crippen LogP contribution in [-0.2, 0) is 6.61 Å². The molecule has 6 nitrogen and oxygen atoms in total. The molecule has 0 bridgehead atoms. The number of likely N-dealkylation sites (tertiary alicyclic amines) is 1. The van der Waals surface area contributed by atoms with Crippen LogP contribution in [0.15, 0.2) is 66.9 Å². The zero-order chi connectivity index (χ0) is 23.8. The van der Waals surface area contributed by atoms with Gasteiger partial charge in [0.2, 0.25) is 0 Å². The molecule has 1 fully saturated rings. The van der Waals surface area contributed by atoms with E-state index in [1.165, 1.54) is 12.8 Å². The predicted octanol–water partition coefficient (Wildman–Crippen LogP) is 4.90. The fraction of sp³-hybridized carbons (Fsp3) is 0.357. The average molecular weight is 459 g/mol. The third-order valence-electron chi connectivity index (χ3n) is 6.33. The molecule has 0 aliphatic carbocycles. The highest BCUT2D eigenvalue weighted by Gasteiger charge is 2.23. The SMILES string of the molecule is CCCCNC1CCN(C(=O)c2ccc(-c3cnc(N)c(OCc4ccccc4)c3)cc2)CC1. The number of hydrogen-bond acceptors (Lipinski definition) is 5. The van der Waals surface area contributed by atoms with Gasteiger partial charge in [0.25, 0.3) is 5.91 Å². The van der Waals surface area contributed by atoms with Crippen molar-refractivity contribution in [1.29, 1.82) is 0 Å². The lowest BCUT2D eigenvalue weighted by Gasteiger charge is -2.32. The second-order valence-corrected chi connectivity index (χ2v) is 8.83. The Kier molecular flexibility index (Phi) is 8.15. The van der Waals surface area contributed by atoms with Crippen LogP contribution in [-0.4, -0.2) is 41.5 Å². The summed E-state index contributed by atoms with van der Waals surface area (Å²) in [6, 6.07) is 20.1. The van der Waals surface area contributed by atoms with Gasteiger partial charge in [0.1, 0.15) is 6.61 Å². The number of amides is 1. The van der Waals surface area contributed by atoms with Crippen molar-refractivity contribution in [3.05, 3.63) is 78.0 Å². The average Bonchev–Trinajstić information content (AvgIpc) is 2.89. The molecule has 0 atom stereocenters. The molecule has 3 N–H and O–H groups in total. The molecule has 6 heteroatoms. The summed E-state index contributed by atoms with van der Waals surface area (Å²) in [5, 5.41) is 3.61. The third kappa shape index (κ3) is 6.14. The number of rotatable bonds is 9. The highest BCUT2D eigenvalue weighted by Crippen LogP contribution is 2.28. The van der Waals surface area contributed by atoms with Crippen LogP contribution in [0.5, 0.6) is 5.75 Å². The zero-order valence-corrected chi connectivity index (χ0v) is 19.9. The number of hydrogen-bond donors (Lipinski definition) is 2. The summed E-state index contributed by atoms with van der Waals surface area (Å²) in [5.74, 6) is 1.01. The number of carbonyl (C=O) groups is 1. The van der Waals surface area contributed by atoms with E-state index in [0.29, 0.717) is 29.8 Å². The van der Waals surface area contributed by atoms with Gasteiger partial charge in [-0.3, -0.25) is 4.79 Å². The minimum Gasteiger partial charge on any atom is -0.485 e. The van der Waals surface area contributed by atoms with Gasteiger partial charge in [-0.15, -0.1) is 0 Å². The Hall–Kier alpha value is -3.38. The molecule has 1 saturated heterocycles. The van der Waals surface area contributed by atoms with Crippen molar-refractivity contribution >= 4 is 11.7 Å². The van der Waals surface area contributed by atoms with Crippen LogP contribution in [0, 0.1) is 0 Å². The molecule has 2 aromatic carbocycles. The Morgan fingerprint density at radius 2 is 1.82 bits per heavy atom. The minimum atomic E-state index is 0.0980. The monoisotopic (exact) mass is 458 g/mol. The van der Waals surface area contributed by atoms with E-state index in [1.807, 2.05) is 65.6 Å². The van der Waals surface area contributed by atoms with Gasteiger partial charge in [0.05, 0.1) is 0 Å². The fourth-order valence-corrected chi connectivity index (χ4v) is 4.22. The molecule has 2 heterocycles. The van der Waals surface area contributed by atoms with Crippen molar-refractivity contribution in [3.63, 3.8) is 0 Å². The van der Waals surface area contributed by atoms with Crippen LogP contribution in [0.3, 0.4) is 0 Å². The van der Waals surface area contributed by atoms with Crippen molar-refractivity contribution < 1.29 is 9.53 Å². The topological polar surface area (TPSA) is 80.5 Å². The molecule has 0 spiro atoms. The number of ether oxygens (including phenoxy) is 1. The maximum atomic E-state index is 13.0. The van der Waals surface area contributed by atoms with Crippen molar-refractivity contribution in [2.75, 3.05) is 25.4 Å². The number of piperidine rings is 1. The first kappa shape index (κ1) is 23.8. The minimum absolute atomic E-state index is 0.0980. The van der Waals surface area contributed by atoms with Gasteiger partial charge in [-0.2, -0.15) is 0 Å². The van der Waals surface area contributed by atoms with Gasteiger partial charge in [0, 0.05) is 36.5 Å². The smallest absolute Gasteiger partial charge is 0.253 e. The van der Waals surface area contributed by atoms with E-state index >= 15 is 0 Å². The number of nitrogens with two attached hydrogens (primary N) is 1. The number of benzene rings is 2. The Morgan fingerprint density at radius 3 is 2.53 bits per heavy atom. The van der Waals surface area contributed by atoms with Crippen LogP contribution in [0.4, 0.5) is 5.82 Å². The number of pyridine rings is 1. The van der Waals surface area contributed by atoms with Crippen molar-refractivity contribution in [2.24, 2.45) is 0 Å². The lowest BCUT2D eigenvalue weighted by molar-refractivity contribution is 0.0705. The predicted molar refractivity (Wildman–Crippen MR) is 137 cm³/mol. The molecule has 0 saturated carbocycles. The molecule has 1 amide bonds. The lowest BCUT2D eigenvalue weighted by atomic mass is 10.0. The number of nitrogens with zero attached hydrogens (tertiary/aromatic N) is 2. The van der Waals surface area contributed by atoms with E-state index in [9.17, 15) is 4.79 Å². The maximum absolute atomic E-state index is 13.0. The summed E-state index contributed by atoms with van der Waals surface area (Å²) >= 11 is 0. The Balaban J connectivity index is 1.36. The van der Waals surface area contributed by atoms with Gasteiger partial charge >= 0.3 is 0 Å². The number of carbonyl (C=O) groups excluding carboxylic acids is 1. The third-order valence-corrected chi connectivity index (χ3v) is 6.33. The molecule has 4 rings (SSSR count). The molecular weight excluding hydrogens is 424 g/mol. The standard InChI is InChI=1S/C28H34N4O2/c1-2-3-15-30-25-13-16-32(17-14-25)28(33)23-11-9-22(10-12-23)24-18-26(27(29)31-19-24)34-20-21-7-5-4-6-8-21/h4-12,18-19,25,30H,2-3,13-17,20H2,1H3,(H2,29,31). The molecule has 0 radical (unpaired) electrons. The number of nitrogens with one attached hydrogen (secondary N) is 1. The fourth-order valence-electron chi connectivity index (χ4n) is 4.22. The van der Waals surface area contributed by atoms with Crippen LogP contribution < -0.4 is 15.8 Å². The molecule has 0 unspecified atom stereocenters. The molecule has 1 aliphatic rings. The number of anilines is 1. The van der Waals surface area contributed by atoms with Gasteiger partial charge in [-0.25, -0.2) is 4.98 Å². The van der Waals surface area contributed by atoms with Gasteiger partial charge in [-0.05, 0) is 55.1 Å². The Bertz CT molecular complexity index is 1060. The first-order valence-electron chi connectivity index (χ1n) is 12.2. The van der Waals surface area contributed by atoms with Gasteiger partial charge < -0.3 is 20.7 Å². The summed E-state index contributed by atoms with van der Waals surface area (Å²) in [6.45, 7) is 5.30. The first-order chi connectivity index (χ1) is 16.6. The van der Waals surface area contributed by atoms with Crippen molar-refractivity contribution in [2.45, 2.75) is 45.3 Å². The highest BCUT2D eigenvalue weighted by molar-refractivity contribution is 5.94. The van der Waals surface area contributed by atoms with Crippen LogP contribution in [0.1, 0.15) is 48.5 Å². The summed E-state index contributed by atoms with van der Waals surface area (Å²) in [7, 11) is 0. The van der Waals surface area contributed by atoms with Crippen LogP contribution in [0.25, 0.3) is 11.1 Å². The normalized spacial score (nSPS) is 14.2. The first-order valence-corrected chi connectivity index (χ1v) is 12.2. The maximum Gasteiger partial charge on any atom is 0.253 e. The summed E-state index contributed by atoms with van der Waals surface area (Å²) in [6.07, 6.45) is 6.16. The second-order valence-electron chi connectivity index (χ2n) is 8.83. The highest BCUT2D eigenvalue weighted by atomic mass is 16.5. The Labute approximate surface area is 202 Å². The Morgan fingerprint density at radius 1 is 1.09 bits per heavy atom. The molecule has 1 aromatic heterocycles. The zero-order valence-electron chi connectivity index (χ0n) is 19.9. The number of unbranched alkanes of at least 4 members (excludes halogenated alkanes) is 1. The second kappa shape index (κ2) is 11.7. The van der Waals surface area contributed by atoms with E-state index in [2.05, 4.69) is 17.2 Å². The van der Waals surface area contributed by atoms with Gasteiger partial charge in [0.15, 0.2) is 11.6 Å². The van der Waals surface area contributed by atoms with Crippen LogP contribution in [0.2, 0.25) is 0 Å². The van der Waals surface area contributed by atoms with Gasteiger partial charge in [-0.1, -0.05) is 55.8 Å². The molecule has 1 aliphatic heterocycles. The largest absolute Gasteiger partial charge is 0.485 e. The van der Waals surface area contributed by atoms with Crippen LogP contribution >= 0.6 is 0 Å². The summed E-state index contributed by atoms with van der Waals surface area (Å²) < 4.78 is 5.91. The summed E-state index contributed by atoms with van der Waals surface area (Å²) in [5.41, 5.74) is 9.67. The van der Waals surface area contributed by atoms with Crippen molar-refractivity contribution in [3.8, 4) is 16.9 Å². The van der Waals surface area contributed by atoms with E-state index in [4.69, 9.17) is 10.5 Å². The molecular formula is C28H34N4O2. The molecule has 178 valence electrons. The quantitative estimate of drug-likeness (QED) is 0.446. The van der Waals surface area contributed by atoms with E-state index in [-0.39, 0.29) is 5.91 Å². The van der Waals surface area contributed by atoms with E-state index in [0.717, 1.165) is 49.2 Å². The van der Waals surface area contributed by atoms with Crippen molar-refractivity contribution in [1.82, 2.24) is 15.2 Å². The number of nitrogen functional groups attached to an aromatic ring is 1. The van der Waals surface area contributed by atoms with E-state index in [1.54, 1.807) is 6.20 Å².